The predicted molar refractivity (Wildman–Crippen MR) is 88.5 cm³/mol. The molecule has 1 fully saturated rings. The monoisotopic (exact) mass is 352 g/mol. The molecule has 1 saturated heterocycles. The maximum atomic E-state index is 11.9. The van der Waals surface area contributed by atoms with Crippen molar-refractivity contribution in [2.24, 2.45) is 0 Å². The first-order chi connectivity index (χ1) is 11.5. The van der Waals surface area contributed by atoms with E-state index >= 15 is 0 Å². The maximum Gasteiger partial charge on any atom is 0.331 e. The van der Waals surface area contributed by atoms with E-state index in [0.29, 0.717) is 18.7 Å². The summed E-state index contributed by atoms with van der Waals surface area (Å²) < 4.78 is 4.90. The fourth-order valence-corrected chi connectivity index (χ4v) is 2.54. The molecule has 8 heteroatoms. The first kappa shape index (κ1) is 17.9. The quantitative estimate of drug-likeness (QED) is 0.352. The van der Waals surface area contributed by atoms with Gasteiger partial charge in [-0.25, -0.2) is 4.79 Å². The highest BCUT2D eigenvalue weighted by molar-refractivity contribution is 6.32. The molecular weight excluding hydrogens is 336 g/mol. The van der Waals surface area contributed by atoms with Gasteiger partial charge in [0.2, 0.25) is 0 Å². The highest BCUT2D eigenvalue weighted by Crippen LogP contribution is 2.25. The smallest absolute Gasteiger partial charge is 0.331 e. The van der Waals surface area contributed by atoms with Gasteiger partial charge in [0.15, 0.2) is 6.61 Å². The summed E-state index contributed by atoms with van der Waals surface area (Å²) >= 11 is 5.71. The molecule has 1 aliphatic rings. The number of halogens is 1. The minimum Gasteiger partial charge on any atom is -0.452 e. The second-order valence-electron chi connectivity index (χ2n) is 5.35. The van der Waals surface area contributed by atoms with Gasteiger partial charge in [0, 0.05) is 25.2 Å². The molecule has 7 nitrogen and oxygen atoms in total. The molecule has 128 valence electrons. The molecule has 1 aromatic rings. The zero-order chi connectivity index (χ0) is 17.5. The molecule has 2 rings (SSSR count). The van der Waals surface area contributed by atoms with Gasteiger partial charge in [-0.15, -0.1) is 0 Å². The number of amides is 1. The standard InChI is InChI=1S/C16H17ClN2O5/c17-13-6-4-12(10-14(13)19(22)23)5-7-16(21)24-11-15(20)18-8-2-1-3-9-18/h4-7,10H,1-3,8-9,11H2/b7-5+. The summed E-state index contributed by atoms with van der Waals surface area (Å²) in [6.45, 7) is 1.09. The molecule has 0 N–H and O–H groups in total. The third-order valence-corrected chi connectivity index (χ3v) is 3.95. The minimum atomic E-state index is -0.682. The fraction of sp³-hybridized carbons (Fsp3) is 0.375. The molecular formula is C16H17ClN2O5. The van der Waals surface area contributed by atoms with Gasteiger partial charge in [0.25, 0.3) is 11.6 Å². The van der Waals surface area contributed by atoms with Gasteiger partial charge in [-0.1, -0.05) is 17.7 Å². The molecule has 1 aliphatic heterocycles. The van der Waals surface area contributed by atoms with E-state index in [2.05, 4.69) is 0 Å². The van der Waals surface area contributed by atoms with Crippen molar-refractivity contribution in [1.29, 1.82) is 0 Å². The SMILES string of the molecule is O=C(/C=C/c1ccc(Cl)c([N+](=O)[O-])c1)OCC(=O)N1CCCCC1. The first-order valence-corrected chi connectivity index (χ1v) is 7.92. The normalized spacial score (nSPS) is 14.6. The van der Waals surface area contributed by atoms with E-state index in [4.69, 9.17) is 16.3 Å². The van der Waals surface area contributed by atoms with Crippen molar-refractivity contribution in [2.45, 2.75) is 19.3 Å². The van der Waals surface area contributed by atoms with Crippen molar-refractivity contribution in [3.63, 3.8) is 0 Å². The second-order valence-corrected chi connectivity index (χ2v) is 5.76. The number of esters is 1. The maximum absolute atomic E-state index is 11.9. The zero-order valence-corrected chi connectivity index (χ0v) is 13.7. The summed E-state index contributed by atoms with van der Waals surface area (Å²) in [5, 5.41) is 10.8. The Bertz CT molecular complexity index is 668. The molecule has 0 aliphatic carbocycles. The molecule has 24 heavy (non-hydrogen) atoms. The summed E-state index contributed by atoms with van der Waals surface area (Å²) in [5.41, 5.74) is 0.192. The van der Waals surface area contributed by atoms with Crippen LogP contribution in [-0.2, 0) is 14.3 Å². The van der Waals surface area contributed by atoms with Crippen molar-refractivity contribution < 1.29 is 19.2 Å². The number of nitro benzene ring substituents is 1. The van der Waals surface area contributed by atoms with Gasteiger partial charge in [0.1, 0.15) is 5.02 Å². The number of carbonyl (C=O) groups is 2. The van der Waals surface area contributed by atoms with Crippen LogP contribution in [0.3, 0.4) is 0 Å². The highest BCUT2D eigenvalue weighted by atomic mass is 35.5. The Labute approximate surface area is 144 Å². The van der Waals surface area contributed by atoms with Gasteiger partial charge in [-0.05, 0) is 37.0 Å². The van der Waals surface area contributed by atoms with E-state index in [-0.39, 0.29) is 23.2 Å². The third-order valence-electron chi connectivity index (χ3n) is 3.63. The summed E-state index contributed by atoms with van der Waals surface area (Å²) in [6.07, 6.45) is 5.54. The number of nitro groups is 1. The number of likely N-dealkylation sites (tertiary alicyclic amines) is 1. The Morgan fingerprint density at radius 3 is 2.67 bits per heavy atom. The summed E-state index contributed by atoms with van der Waals surface area (Å²) in [5.74, 6) is -0.892. The fourth-order valence-electron chi connectivity index (χ4n) is 2.35. The summed E-state index contributed by atoms with van der Waals surface area (Å²) in [7, 11) is 0. The number of hydrogen-bond donors (Lipinski definition) is 0. The number of rotatable bonds is 5. The van der Waals surface area contributed by atoms with E-state index in [1.165, 1.54) is 24.3 Å². The lowest BCUT2D eigenvalue weighted by molar-refractivity contribution is -0.384. The minimum absolute atomic E-state index is 0.0202. The van der Waals surface area contributed by atoms with Crippen LogP contribution in [0.1, 0.15) is 24.8 Å². The summed E-state index contributed by atoms with van der Waals surface area (Å²) in [4.78, 5) is 35.4. The van der Waals surface area contributed by atoms with E-state index in [9.17, 15) is 19.7 Å². The van der Waals surface area contributed by atoms with E-state index in [1.54, 1.807) is 4.90 Å². The first-order valence-electron chi connectivity index (χ1n) is 7.54. The average Bonchev–Trinajstić information content (AvgIpc) is 2.59. The molecule has 0 atom stereocenters. The predicted octanol–water partition coefficient (Wildman–Crippen LogP) is 2.82. The Hall–Kier alpha value is -2.41. The van der Waals surface area contributed by atoms with Crippen molar-refractivity contribution >= 4 is 35.2 Å². The van der Waals surface area contributed by atoms with Crippen LogP contribution in [0, 0.1) is 10.1 Å². The highest BCUT2D eigenvalue weighted by Gasteiger charge is 2.17. The second kappa shape index (κ2) is 8.44. The van der Waals surface area contributed by atoms with Gasteiger partial charge >= 0.3 is 5.97 Å². The van der Waals surface area contributed by atoms with Gasteiger partial charge in [0.05, 0.1) is 4.92 Å². The largest absolute Gasteiger partial charge is 0.452 e. The number of ether oxygens (including phenoxy) is 1. The van der Waals surface area contributed by atoms with E-state index in [0.717, 1.165) is 25.3 Å². The third kappa shape index (κ3) is 5.06. The zero-order valence-electron chi connectivity index (χ0n) is 12.9. The molecule has 0 bridgehead atoms. The van der Waals surface area contributed by atoms with E-state index in [1.807, 2.05) is 0 Å². The molecule has 1 amide bonds. The lowest BCUT2D eigenvalue weighted by Gasteiger charge is -2.26. The lowest BCUT2D eigenvalue weighted by atomic mass is 10.1. The molecule has 0 spiro atoms. The van der Waals surface area contributed by atoms with Crippen molar-refractivity contribution in [1.82, 2.24) is 4.90 Å². The summed E-state index contributed by atoms with van der Waals surface area (Å²) in [6, 6.07) is 4.17. The number of piperidine rings is 1. The van der Waals surface area contributed by atoms with Gasteiger partial charge < -0.3 is 9.64 Å². The van der Waals surface area contributed by atoms with Crippen LogP contribution in [0.4, 0.5) is 5.69 Å². The molecule has 0 radical (unpaired) electrons. The van der Waals surface area contributed by atoms with Gasteiger partial charge in [-0.2, -0.15) is 0 Å². The Kier molecular flexibility index (Phi) is 6.31. The number of benzene rings is 1. The van der Waals surface area contributed by atoms with Crippen LogP contribution < -0.4 is 0 Å². The van der Waals surface area contributed by atoms with Crippen LogP contribution in [0.5, 0.6) is 0 Å². The van der Waals surface area contributed by atoms with Crippen molar-refractivity contribution in [3.8, 4) is 0 Å². The molecule has 0 saturated carbocycles. The van der Waals surface area contributed by atoms with Crippen molar-refractivity contribution in [3.05, 3.63) is 45.0 Å². The Morgan fingerprint density at radius 1 is 1.29 bits per heavy atom. The van der Waals surface area contributed by atoms with Crippen LogP contribution >= 0.6 is 11.6 Å². The Morgan fingerprint density at radius 2 is 2.00 bits per heavy atom. The average molecular weight is 353 g/mol. The molecule has 1 aromatic carbocycles. The number of nitrogens with zero attached hydrogens (tertiary/aromatic N) is 2. The Balaban J connectivity index is 1.87. The molecule has 0 unspecified atom stereocenters. The topological polar surface area (TPSA) is 89.7 Å². The molecule has 1 heterocycles. The number of carbonyl (C=O) groups excluding carboxylic acids is 2. The van der Waals surface area contributed by atoms with Crippen LogP contribution in [-0.4, -0.2) is 41.4 Å². The van der Waals surface area contributed by atoms with E-state index < -0.39 is 10.9 Å². The van der Waals surface area contributed by atoms with Crippen molar-refractivity contribution in [2.75, 3.05) is 19.7 Å². The van der Waals surface area contributed by atoms with Crippen LogP contribution in [0.15, 0.2) is 24.3 Å². The molecule has 0 aromatic heterocycles. The van der Waals surface area contributed by atoms with Gasteiger partial charge in [-0.3, -0.25) is 14.9 Å². The van der Waals surface area contributed by atoms with Crippen LogP contribution in [0.25, 0.3) is 6.08 Å². The lowest BCUT2D eigenvalue weighted by Crippen LogP contribution is -2.38. The van der Waals surface area contributed by atoms with Crippen LogP contribution in [0.2, 0.25) is 5.02 Å². The number of hydrogen-bond acceptors (Lipinski definition) is 5.